The molecule has 1 aliphatic heterocycles. The Morgan fingerprint density at radius 3 is 2.62 bits per heavy atom. The average Bonchev–Trinajstić information content (AvgIpc) is 3.32. The van der Waals surface area contributed by atoms with Crippen LogP contribution < -0.4 is 5.32 Å². The predicted octanol–water partition coefficient (Wildman–Crippen LogP) is 4.47. The quantitative estimate of drug-likeness (QED) is 0.467. The van der Waals surface area contributed by atoms with Gasteiger partial charge in [0.2, 0.25) is 0 Å². The van der Waals surface area contributed by atoms with Gasteiger partial charge in [0.25, 0.3) is 5.91 Å². The highest BCUT2D eigenvalue weighted by molar-refractivity contribution is 7.91. The molecule has 9 heteroatoms. The van der Waals surface area contributed by atoms with Crippen LogP contribution in [0.1, 0.15) is 34.1 Å². The number of hydrogen-bond acceptors (Lipinski definition) is 5. The molecule has 34 heavy (non-hydrogen) atoms. The summed E-state index contributed by atoms with van der Waals surface area (Å²) in [5, 5.41) is 8.01. The Kier molecular flexibility index (Phi) is 5.44. The molecule has 0 spiro atoms. The summed E-state index contributed by atoms with van der Waals surface area (Å²) in [4.78, 5) is 18.1. The van der Waals surface area contributed by atoms with Gasteiger partial charge < -0.3 is 5.32 Å². The summed E-state index contributed by atoms with van der Waals surface area (Å²) in [6.07, 6.45) is 0.412. The summed E-state index contributed by atoms with van der Waals surface area (Å²) in [5.41, 5.74) is 3.39. The van der Waals surface area contributed by atoms with Crippen molar-refractivity contribution in [1.29, 1.82) is 0 Å². The molecule has 1 amide bonds. The van der Waals surface area contributed by atoms with Crippen molar-refractivity contribution < 1.29 is 17.6 Å². The number of anilines is 1. The van der Waals surface area contributed by atoms with Gasteiger partial charge in [0.15, 0.2) is 15.5 Å². The van der Waals surface area contributed by atoms with Crippen molar-refractivity contribution >= 4 is 32.5 Å². The Labute approximate surface area is 196 Å². The van der Waals surface area contributed by atoms with E-state index < -0.39 is 21.7 Å². The number of sulfone groups is 1. The smallest absolute Gasteiger partial charge is 0.256 e. The van der Waals surface area contributed by atoms with Crippen LogP contribution in [0.25, 0.3) is 22.3 Å². The van der Waals surface area contributed by atoms with E-state index in [0.29, 0.717) is 34.4 Å². The summed E-state index contributed by atoms with van der Waals surface area (Å²) in [5.74, 6) is -0.811. The van der Waals surface area contributed by atoms with E-state index in [0.717, 1.165) is 5.56 Å². The lowest BCUT2D eigenvalue weighted by Gasteiger charge is -2.13. The molecule has 2 aromatic heterocycles. The highest BCUT2D eigenvalue weighted by atomic mass is 32.2. The van der Waals surface area contributed by atoms with Crippen LogP contribution in [0.15, 0.2) is 54.6 Å². The molecule has 1 atom stereocenters. The number of carbonyl (C=O) groups excluding carboxylic acids is 1. The Bertz CT molecular complexity index is 1550. The second-order valence-corrected chi connectivity index (χ2v) is 10.9. The number of benzene rings is 2. The van der Waals surface area contributed by atoms with Gasteiger partial charge in [-0.05, 0) is 56.2 Å². The summed E-state index contributed by atoms with van der Waals surface area (Å²) >= 11 is 0. The molecule has 1 aliphatic rings. The van der Waals surface area contributed by atoms with Gasteiger partial charge in [-0.2, -0.15) is 5.10 Å². The Balaban J connectivity index is 1.70. The fourth-order valence-corrected chi connectivity index (χ4v) is 6.14. The van der Waals surface area contributed by atoms with Crippen molar-refractivity contribution in [2.75, 3.05) is 16.8 Å². The molecule has 1 N–H and O–H groups in total. The minimum Gasteiger partial charge on any atom is -0.322 e. The SMILES string of the molecule is Cc1cccc(NC(=O)c2cc(-c3ccccc3F)nc3c2c(C)nn3C2CCS(=O)(=O)C2)c1. The average molecular weight is 479 g/mol. The van der Waals surface area contributed by atoms with Crippen molar-refractivity contribution in [2.45, 2.75) is 26.3 Å². The monoisotopic (exact) mass is 478 g/mol. The van der Waals surface area contributed by atoms with Gasteiger partial charge in [0.05, 0.1) is 39.9 Å². The molecule has 1 unspecified atom stereocenters. The van der Waals surface area contributed by atoms with Crippen LogP contribution in [-0.2, 0) is 9.84 Å². The summed E-state index contributed by atoms with van der Waals surface area (Å²) in [6.45, 7) is 3.69. The zero-order chi connectivity index (χ0) is 24.0. The van der Waals surface area contributed by atoms with Gasteiger partial charge >= 0.3 is 0 Å². The van der Waals surface area contributed by atoms with Gasteiger partial charge in [-0.3, -0.25) is 4.79 Å². The Morgan fingerprint density at radius 2 is 1.91 bits per heavy atom. The van der Waals surface area contributed by atoms with E-state index in [4.69, 9.17) is 0 Å². The summed E-state index contributed by atoms with van der Waals surface area (Å²) < 4.78 is 40.5. The van der Waals surface area contributed by atoms with Crippen LogP contribution in [-0.4, -0.2) is 40.6 Å². The van der Waals surface area contributed by atoms with Gasteiger partial charge in [-0.1, -0.05) is 24.3 Å². The Morgan fingerprint density at radius 1 is 1.12 bits per heavy atom. The second kappa shape index (κ2) is 8.32. The first-order valence-corrected chi connectivity index (χ1v) is 12.8. The number of pyridine rings is 1. The van der Waals surface area contributed by atoms with Crippen LogP contribution >= 0.6 is 0 Å². The first kappa shape index (κ1) is 22.2. The minimum atomic E-state index is -3.17. The third kappa shape index (κ3) is 4.07. The van der Waals surface area contributed by atoms with E-state index in [1.54, 1.807) is 41.9 Å². The fourth-order valence-electron chi connectivity index (χ4n) is 4.44. The number of rotatable bonds is 4. The maximum Gasteiger partial charge on any atom is 0.256 e. The third-order valence-electron chi connectivity index (χ3n) is 6.06. The number of aromatic nitrogens is 3. The van der Waals surface area contributed by atoms with Gasteiger partial charge in [-0.25, -0.2) is 22.5 Å². The first-order chi connectivity index (χ1) is 16.2. The summed E-state index contributed by atoms with van der Waals surface area (Å²) in [6, 6.07) is 14.8. The van der Waals surface area contributed by atoms with Crippen molar-refractivity contribution in [2.24, 2.45) is 0 Å². The van der Waals surface area contributed by atoms with Crippen LogP contribution in [0, 0.1) is 19.7 Å². The number of carbonyl (C=O) groups is 1. The number of fused-ring (bicyclic) bond motifs is 1. The number of nitrogens with zero attached hydrogens (tertiary/aromatic N) is 3. The largest absolute Gasteiger partial charge is 0.322 e. The van der Waals surface area contributed by atoms with Gasteiger partial charge in [0, 0.05) is 11.3 Å². The van der Waals surface area contributed by atoms with E-state index in [9.17, 15) is 17.6 Å². The molecule has 5 rings (SSSR count). The lowest BCUT2D eigenvalue weighted by Crippen LogP contribution is -2.15. The highest BCUT2D eigenvalue weighted by Gasteiger charge is 2.32. The van der Waals surface area contributed by atoms with Crippen LogP contribution in [0.2, 0.25) is 0 Å². The number of amides is 1. The first-order valence-electron chi connectivity index (χ1n) is 10.9. The predicted molar refractivity (Wildman–Crippen MR) is 129 cm³/mol. The van der Waals surface area contributed by atoms with E-state index in [-0.39, 0.29) is 28.7 Å². The Hall–Kier alpha value is -3.59. The number of hydrogen-bond donors (Lipinski definition) is 1. The molecule has 7 nitrogen and oxygen atoms in total. The summed E-state index contributed by atoms with van der Waals surface area (Å²) in [7, 11) is -3.17. The van der Waals surface area contributed by atoms with Gasteiger partial charge in [-0.15, -0.1) is 0 Å². The number of halogens is 1. The molecule has 2 aromatic carbocycles. The fraction of sp³-hybridized carbons (Fsp3) is 0.240. The topological polar surface area (TPSA) is 93.9 Å². The van der Waals surface area contributed by atoms with E-state index in [1.807, 2.05) is 25.1 Å². The van der Waals surface area contributed by atoms with Crippen LogP contribution in [0.3, 0.4) is 0 Å². The minimum absolute atomic E-state index is 0.0420. The lowest BCUT2D eigenvalue weighted by molar-refractivity contribution is 0.102. The molecule has 0 bridgehead atoms. The van der Waals surface area contributed by atoms with Crippen molar-refractivity contribution in [3.63, 3.8) is 0 Å². The maximum absolute atomic E-state index is 14.7. The second-order valence-electron chi connectivity index (χ2n) is 8.64. The van der Waals surface area contributed by atoms with E-state index in [1.165, 1.54) is 6.07 Å². The normalized spacial score (nSPS) is 17.2. The third-order valence-corrected chi connectivity index (χ3v) is 7.81. The van der Waals surface area contributed by atoms with Crippen LogP contribution in [0.5, 0.6) is 0 Å². The molecule has 0 saturated carbocycles. The molecule has 1 saturated heterocycles. The molecule has 4 aromatic rings. The number of nitrogens with one attached hydrogen (secondary N) is 1. The van der Waals surface area contributed by atoms with Crippen molar-refractivity contribution in [1.82, 2.24) is 14.8 Å². The zero-order valence-electron chi connectivity index (χ0n) is 18.7. The van der Waals surface area contributed by atoms with E-state index in [2.05, 4.69) is 15.4 Å². The van der Waals surface area contributed by atoms with Gasteiger partial charge in [0.1, 0.15) is 5.82 Å². The van der Waals surface area contributed by atoms with Crippen molar-refractivity contribution in [3.05, 3.63) is 77.2 Å². The highest BCUT2D eigenvalue weighted by Crippen LogP contribution is 2.33. The zero-order valence-corrected chi connectivity index (χ0v) is 19.6. The lowest BCUT2D eigenvalue weighted by atomic mass is 10.0. The molecule has 0 aliphatic carbocycles. The molecular weight excluding hydrogens is 455 g/mol. The molecule has 0 radical (unpaired) electrons. The number of aryl methyl sites for hydroxylation is 2. The van der Waals surface area contributed by atoms with E-state index >= 15 is 0 Å². The van der Waals surface area contributed by atoms with Crippen molar-refractivity contribution in [3.8, 4) is 11.3 Å². The molecule has 1 fully saturated rings. The molecule has 3 heterocycles. The molecule has 174 valence electrons. The molecular formula is C25H23FN4O3S. The standard InChI is InChI=1S/C25H23FN4O3S/c1-15-6-5-7-17(12-15)27-25(31)20-13-22(19-8-3-4-9-21(19)26)28-24-23(20)16(2)29-30(24)18-10-11-34(32,33)14-18/h3-9,12-13,18H,10-11,14H2,1-2H3,(H,27,31). The van der Waals surface area contributed by atoms with Crippen LogP contribution in [0.4, 0.5) is 10.1 Å². The maximum atomic E-state index is 14.7.